The Labute approximate surface area is 186 Å². The molecule has 152 valence electrons. The van der Waals surface area contributed by atoms with E-state index in [1.54, 1.807) is 18.2 Å². The lowest BCUT2D eigenvalue weighted by atomic mass is 9.83. The molecule has 0 fully saturated rings. The fourth-order valence-corrected chi connectivity index (χ4v) is 5.55. The van der Waals surface area contributed by atoms with E-state index in [1.165, 1.54) is 24.3 Å². The largest absolute Gasteiger partial charge is 0.506 e. The van der Waals surface area contributed by atoms with E-state index >= 15 is 0 Å². The van der Waals surface area contributed by atoms with Crippen molar-refractivity contribution in [1.82, 2.24) is 0 Å². The van der Waals surface area contributed by atoms with Crippen LogP contribution < -0.4 is 0 Å². The Kier molecular flexibility index (Phi) is 5.98. The number of hydrogen-bond acceptors (Lipinski definition) is 4. The first kappa shape index (κ1) is 22.0. The number of aromatic hydroxyl groups is 2. The molecule has 5 nitrogen and oxygen atoms in total. The maximum Gasteiger partial charge on any atom is 0.283 e. The summed E-state index contributed by atoms with van der Waals surface area (Å²) in [5.41, 5.74) is -0.256. The van der Waals surface area contributed by atoms with Crippen LogP contribution in [0, 0.1) is 0 Å². The summed E-state index contributed by atoms with van der Waals surface area (Å²) in [6.07, 6.45) is 0. The summed E-state index contributed by atoms with van der Waals surface area (Å²) in [7, 11) is -5.04. The predicted molar refractivity (Wildman–Crippen MR) is 114 cm³/mol. The van der Waals surface area contributed by atoms with E-state index in [9.17, 15) is 23.2 Å². The van der Waals surface area contributed by atoms with Crippen molar-refractivity contribution in [3.05, 3.63) is 91.4 Å². The Morgan fingerprint density at radius 3 is 1.45 bits per heavy atom. The molecule has 0 aliphatic heterocycles. The van der Waals surface area contributed by atoms with Crippen molar-refractivity contribution in [3.8, 4) is 11.5 Å². The molecule has 0 radical (unpaired) electrons. The molecule has 0 aromatic heterocycles. The Morgan fingerprint density at radius 1 is 0.655 bits per heavy atom. The fourth-order valence-electron chi connectivity index (χ4n) is 3.18. The van der Waals surface area contributed by atoms with Crippen LogP contribution in [0.2, 0.25) is 20.1 Å². The van der Waals surface area contributed by atoms with E-state index in [4.69, 9.17) is 46.4 Å². The molecule has 0 saturated heterocycles. The topological polar surface area (TPSA) is 94.8 Å². The summed E-state index contributed by atoms with van der Waals surface area (Å²) in [5.74, 6) is -0.764. The molecule has 0 spiro atoms. The summed E-state index contributed by atoms with van der Waals surface area (Å²) in [5, 5.41) is 18.5. The van der Waals surface area contributed by atoms with Crippen molar-refractivity contribution >= 4 is 56.5 Å². The summed E-state index contributed by atoms with van der Waals surface area (Å²) in [6, 6.07) is 12.4. The zero-order valence-electron chi connectivity index (χ0n) is 14.3. The van der Waals surface area contributed by atoms with E-state index in [0.717, 1.165) is 12.1 Å². The quantitative estimate of drug-likeness (QED) is 0.311. The van der Waals surface area contributed by atoms with Gasteiger partial charge in [0.2, 0.25) is 0 Å². The molecule has 3 aromatic carbocycles. The highest BCUT2D eigenvalue weighted by Crippen LogP contribution is 2.52. The number of rotatable bonds is 4. The van der Waals surface area contributed by atoms with Gasteiger partial charge >= 0.3 is 0 Å². The Balaban J connectivity index is 2.62. The van der Waals surface area contributed by atoms with Gasteiger partial charge in [0, 0.05) is 11.1 Å². The van der Waals surface area contributed by atoms with Gasteiger partial charge in [0.25, 0.3) is 10.1 Å². The third-order valence-corrected chi connectivity index (χ3v) is 7.64. The predicted octanol–water partition coefficient (Wildman–Crippen LogP) is 5.89. The van der Waals surface area contributed by atoms with Gasteiger partial charge < -0.3 is 10.2 Å². The standard InChI is InChI=1S/C19H12Cl4O5S/c20-15-11(6-8-13(24)17(15)22)19(29(26,27)28,10-4-2-1-3-5-10)12-7-9-14(25)18(23)16(12)21/h1-9,24-25H,(H,26,27,28). The number of benzene rings is 3. The minimum Gasteiger partial charge on any atom is -0.506 e. The van der Waals surface area contributed by atoms with E-state index < -0.39 is 14.9 Å². The summed E-state index contributed by atoms with van der Waals surface area (Å²) >= 11 is 24.7. The van der Waals surface area contributed by atoms with Crippen LogP contribution in [-0.2, 0) is 14.9 Å². The molecule has 0 atom stereocenters. The van der Waals surface area contributed by atoms with Crippen LogP contribution in [0.5, 0.6) is 11.5 Å². The lowest BCUT2D eigenvalue weighted by Gasteiger charge is -2.34. The number of phenolic OH excluding ortho intramolecular Hbond substituents is 2. The maximum atomic E-state index is 13.0. The molecule has 3 rings (SSSR count). The van der Waals surface area contributed by atoms with Gasteiger partial charge in [-0.25, -0.2) is 0 Å². The van der Waals surface area contributed by atoms with Crippen molar-refractivity contribution < 1.29 is 23.2 Å². The van der Waals surface area contributed by atoms with Gasteiger partial charge in [-0.15, -0.1) is 0 Å². The smallest absolute Gasteiger partial charge is 0.283 e. The van der Waals surface area contributed by atoms with Crippen LogP contribution in [0.1, 0.15) is 16.7 Å². The van der Waals surface area contributed by atoms with Crippen LogP contribution >= 0.6 is 46.4 Å². The Bertz CT molecular complexity index is 1140. The van der Waals surface area contributed by atoms with E-state index in [2.05, 4.69) is 0 Å². The molecule has 10 heteroatoms. The van der Waals surface area contributed by atoms with Crippen molar-refractivity contribution in [2.45, 2.75) is 4.75 Å². The van der Waals surface area contributed by atoms with E-state index in [0.29, 0.717) is 0 Å². The number of phenols is 2. The normalized spacial score (nSPS) is 12.2. The molecule has 3 N–H and O–H groups in total. The van der Waals surface area contributed by atoms with Crippen LogP contribution in [0.15, 0.2) is 54.6 Å². The van der Waals surface area contributed by atoms with Crippen molar-refractivity contribution in [3.63, 3.8) is 0 Å². The Hall–Kier alpha value is -1.67. The van der Waals surface area contributed by atoms with Crippen LogP contribution in [-0.4, -0.2) is 23.2 Å². The van der Waals surface area contributed by atoms with E-state index in [1.807, 2.05) is 0 Å². The third kappa shape index (κ3) is 3.44. The lowest BCUT2D eigenvalue weighted by Crippen LogP contribution is -2.39. The second-order valence-corrected chi connectivity index (χ2v) is 9.12. The lowest BCUT2D eigenvalue weighted by molar-refractivity contribution is 0.456. The van der Waals surface area contributed by atoms with Gasteiger partial charge in [-0.3, -0.25) is 4.55 Å². The van der Waals surface area contributed by atoms with Crippen LogP contribution in [0.25, 0.3) is 0 Å². The highest BCUT2D eigenvalue weighted by atomic mass is 35.5. The van der Waals surface area contributed by atoms with Crippen molar-refractivity contribution in [2.75, 3.05) is 0 Å². The Morgan fingerprint density at radius 2 is 1.07 bits per heavy atom. The fraction of sp³-hybridized carbons (Fsp3) is 0.0526. The third-order valence-electron chi connectivity index (χ3n) is 4.45. The summed E-state index contributed by atoms with van der Waals surface area (Å²) in [4.78, 5) is 0. The van der Waals surface area contributed by atoms with Crippen molar-refractivity contribution in [2.24, 2.45) is 0 Å². The minimum absolute atomic E-state index is 0.0785. The van der Waals surface area contributed by atoms with Gasteiger partial charge in [0.1, 0.15) is 21.5 Å². The molecule has 3 aromatic rings. The average Bonchev–Trinajstić information content (AvgIpc) is 2.67. The first-order chi connectivity index (χ1) is 13.5. The SMILES string of the molecule is O=S(=O)(O)C(c1ccccc1)(c1ccc(O)c(Cl)c1Cl)c1ccc(O)c(Cl)c1Cl. The first-order valence-electron chi connectivity index (χ1n) is 7.91. The van der Waals surface area contributed by atoms with Crippen molar-refractivity contribution in [1.29, 1.82) is 0 Å². The molecule has 0 bridgehead atoms. The highest BCUT2D eigenvalue weighted by molar-refractivity contribution is 7.87. The van der Waals surface area contributed by atoms with Gasteiger partial charge in [0.15, 0.2) is 4.75 Å². The first-order valence-corrected chi connectivity index (χ1v) is 10.9. The summed E-state index contributed by atoms with van der Waals surface area (Å²) < 4.78 is 34.1. The maximum absolute atomic E-state index is 13.0. The molecule has 0 amide bonds. The minimum atomic E-state index is -5.04. The molecule has 0 aliphatic rings. The summed E-state index contributed by atoms with van der Waals surface area (Å²) in [6.45, 7) is 0. The zero-order valence-corrected chi connectivity index (χ0v) is 18.1. The number of halogens is 4. The molecule has 29 heavy (non-hydrogen) atoms. The molecular weight excluding hydrogens is 482 g/mol. The molecular formula is C19H12Cl4O5S. The second-order valence-electron chi connectivity index (χ2n) is 6.04. The second kappa shape index (κ2) is 7.87. The van der Waals surface area contributed by atoms with Gasteiger partial charge in [-0.2, -0.15) is 8.42 Å². The molecule has 0 aliphatic carbocycles. The van der Waals surface area contributed by atoms with Gasteiger partial charge in [-0.05, 0) is 17.7 Å². The number of hydrogen-bond donors (Lipinski definition) is 3. The highest BCUT2D eigenvalue weighted by Gasteiger charge is 2.51. The molecule has 0 unspecified atom stereocenters. The monoisotopic (exact) mass is 492 g/mol. The van der Waals surface area contributed by atoms with Crippen LogP contribution in [0.3, 0.4) is 0 Å². The zero-order chi connectivity index (χ0) is 21.6. The molecule has 0 saturated carbocycles. The molecule has 0 heterocycles. The van der Waals surface area contributed by atoms with Crippen LogP contribution in [0.4, 0.5) is 0 Å². The van der Waals surface area contributed by atoms with E-state index in [-0.39, 0.29) is 48.3 Å². The van der Waals surface area contributed by atoms with Gasteiger partial charge in [0.05, 0.1) is 10.0 Å². The van der Waals surface area contributed by atoms with Gasteiger partial charge in [-0.1, -0.05) is 88.9 Å². The average molecular weight is 494 g/mol.